The molecular formula is C81H109N9O20. The van der Waals surface area contributed by atoms with Crippen LogP contribution in [0.15, 0.2) is 109 Å². The van der Waals surface area contributed by atoms with E-state index in [-0.39, 0.29) is 117 Å². The fraction of sp³-hybridized carbons (Fsp3) is 0.519. The molecule has 0 unspecified atom stereocenters. The van der Waals surface area contributed by atoms with Gasteiger partial charge < -0.3 is 82.0 Å². The first-order valence-electron chi connectivity index (χ1n) is 37.4. The van der Waals surface area contributed by atoms with Crippen LogP contribution in [-0.2, 0) is 111 Å². The van der Waals surface area contributed by atoms with Crippen molar-refractivity contribution in [3.8, 4) is 34.3 Å². The molecule has 3 aromatic heterocycles. The number of aryl methyl sites for hydroxylation is 3. The van der Waals surface area contributed by atoms with Crippen molar-refractivity contribution in [2.75, 3.05) is 159 Å². The van der Waals surface area contributed by atoms with E-state index in [1.165, 1.54) is 14.4 Å². The first-order valence-corrected chi connectivity index (χ1v) is 37.4. The lowest BCUT2D eigenvalue weighted by molar-refractivity contribution is -0.146. The second kappa shape index (κ2) is 44.7. The average Bonchev–Trinajstić information content (AvgIpc) is 1.59. The molecule has 0 amide bonds. The van der Waals surface area contributed by atoms with Gasteiger partial charge in [0.25, 0.3) is 0 Å². The Morgan fingerprint density at radius 3 is 0.682 bits per heavy atom. The van der Waals surface area contributed by atoms with E-state index in [1.807, 2.05) is 172 Å². The number of ether oxygens (including phenoxy) is 13. The Bertz CT molecular complexity index is 4020. The highest BCUT2D eigenvalue weighted by molar-refractivity contribution is 5.76. The number of aliphatic hydroxyl groups is 1. The van der Waals surface area contributed by atoms with Crippen molar-refractivity contribution in [2.45, 2.75) is 117 Å². The van der Waals surface area contributed by atoms with Gasteiger partial charge in [-0.05, 0) is 107 Å². The molecule has 6 aromatic carbocycles. The van der Waals surface area contributed by atoms with E-state index < -0.39 is 0 Å². The maximum absolute atomic E-state index is 12.5. The summed E-state index contributed by atoms with van der Waals surface area (Å²) in [5, 5.41) is 69.2. The molecule has 9 aromatic rings. The summed E-state index contributed by atoms with van der Waals surface area (Å²) < 4.78 is 70.5. The van der Waals surface area contributed by atoms with Crippen LogP contribution < -0.4 is 0 Å². The third-order valence-electron chi connectivity index (χ3n) is 16.9. The summed E-state index contributed by atoms with van der Waals surface area (Å²) in [6, 6.07) is 33.7. The van der Waals surface area contributed by atoms with E-state index in [0.717, 1.165) is 66.5 Å². The van der Waals surface area contributed by atoms with Crippen molar-refractivity contribution in [2.24, 2.45) is 0 Å². The monoisotopic (exact) mass is 1530 g/mol. The van der Waals surface area contributed by atoms with Gasteiger partial charge in [0.1, 0.15) is 87.2 Å². The molecule has 3 heterocycles. The van der Waals surface area contributed by atoms with Gasteiger partial charge in [-0.25, -0.2) is 0 Å². The molecule has 9 rings (SSSR count). The van der Waals surface area contributed by atoms with Crippen molar-refractivity contribution >= 4 is 51.0 Å². The second-order valence-corrected chi connectivity index (χ2v) is 28.7. The first kappa shape index (κ1) is 86.5. The number of benzene rings is 6. The minimum absolute atomic E-state index is 0.00965. The number of phenols is 3. The minimum Gasteiger partial charge on any atom is -0.505 e. The summed E-state index contributed by atoms with van der Waals surface area (Å²) in [4.78, 5) is 41.8. The van der Waals surface area contributed by atoms with E-state index >= 15 is 0 Å². The van der Waals surface area contributed by atoms with Crippen LogP contribution in [0.1, 0.15) is 115 Å². The van der Waals surface area contributed by atoms with Crippen LogP contribution in [0.5, 0.6) is 17.2 Å². The zero-order chi connectivity index (χ0) is 78.7. The maximum Gasteiger partial charge on any atom is 0.306 e. The fourth-order valence-electron chi connectivity index (χ4n) is 11.2. The molecular weight excluding hydrogens is 1420 g/mol. The summed E-state index contributed by atoms with van der Waals surface area (Å²) in [7, 11) is 0. The number of esters is 3. The molecule has 0 radical (unpaired) electrons. The SMILES string of the molecule is CC(C)(C)c1cc(CCC(=O)OCCOCCOCCOCCOCCOCCO)cc(-n2nc3ccccc3n2)c1O.CC(C)(C)c1cc(CCC(=O)OCCOCCOCCOCCOCCOCCOC(=O)CCc2cc(-n3nc4ccccc4n3)c(O)c(C(C)(C)C)c2)cc(-n2nc3ccccc3n2)c1O. The summed E-state index contributed by atoms with van der Waals surface area (Å²) in [6.45, 7) is 26.3. The number of nitrogens with zero attached hydrogens (tertiary/aromatic N) is 9. The van der Waals surface area contributed by atoms with Gasteiger partial charge in [-0.2, -0.15) is 0 Å². The third-order valence-corrected chi connectivity index (χ3v) is 16.9. The Balaban J connectivity index is 0.000000305. The van der Waals surface area contributed by atoms with Gasteiger partial charge >= 0.3 is 17.9 Å². The molecule has 0 aliphatic rings. The van der Waals surface area contributed by atoms with Gasteiger partial charge in [-0.1, -0.05) is 117 Å². The van der Waals surface area contributed by atoms with E-state index in [4.69, 9.17) is 66.7 Å². The van der Waals surface area contributed by atoms with Crippen molar-refractivity contribution in [3.63, 3.8) is 0 Å². The van der Waals surface area contributed by atoms with Crippen LogP contribution in [0.25, 0.3) is 50.2 Å². The number of fused-ring (bicyclic) bond motifs is 3. The smallest absolute Gasteiger partial charge is 0.306 e. The number of hydrogen-bond acceptors (Lipinski definition) is 26. The lowest BCUT2D eigenvalue weighted by Gasteiger charge is -2.23. The van der Waals surface area contributed by atoms with Gasteiger partial charge in [0.15, 0.2) is 0 Å². The average molecular weight is 1530 g/mol. The van der Waals surface area contributed by atoms with Crippen molar-refractivity contribution < 1.29 is 96.4 Å². The zero-order valence-corrected chi connectivity index (χ0v) is 65.0. The van der Waals surface area contributed by atoms with E-state index in [2.05, 4.69) is 30.6 Å². The molecule has 29 nitrogen and oxygen atoms in total. The van der Waals surface area contributed by atoms with Crippen molar-refractivity contribution in [3.05, 3.63) is 143 Å². The van der Waals surface area contributed by atoms with E-state index in [1.54, 1.807) is 0 Å². The maximum atomic E-state index is 12.5. The fourth-order valence-corrected chi connectivity index (χ4v) is 11.2. The molecule has 598 valence electrons. The summed E-state index contributed by atoms with van der Waals surface area (Å²) in [5.41, 5.74) is 9.53. The lowest BCUT2D eigenvalue weighted by atomic mass is 9.84. The number of aromatic hydroxyl groups is 3. The minimum atomic E-state index is -0.352. The molecule has 4 N–H and O–H groups in total. The normalized spacial score (nSPS) is 11.9. The van der Waals surface area contributed by atoms with Gasteiger partial charge in [0.2, 0.25) is 0 Å². The molecule has 0 atom stereocenters. The molecule has 0 fully saturated rings. The van der Waals surface area contributed by atoms with Gasteiger partial charge in [0.05, 0.1) is 139 Å². The number of carbonyl (C=O) groups excluding carboxylic acids is 3. The molecule has 0 bridgehead atoms. The molecule has 110 heavy (non-hydrogen) atoms. The van der Waals surface area contributed by atoms with Crippen LogP contribution in [0.3, 0.4) is 0 Å². The molecule has 0 saturated carbocycles. The predicted molar refractivity (Wildman–Crippen MR) is 411 cm³/mol. The number of aliphatic hydroxyl groups excluding tert-OH is 1. The molecule has 0 aliphatic carbocycles. The quantitative estimate of drug-likeness (QED) is 0.0156. The molecule has 0 saturated heterocycles. The predicted octanol–water partition coefficient (Wildman–Crippen LogP) is 9.87. The molecule has 0 spiro atoms. The molecule has 29 heteroatoms. The Kier molecular flexibility index (Phi) is 35.1. The topological polar surface area (TPSA) is 344 Å². The van der Waals surface area contributed by atoms with Crippen molar-refractivity contribution in [1.29, 1.82) is 0 Å². The van der Waals surface area contributed by atoms with E-state index in [9.17, 15) is 29.7 Å². The number of aromatic nitrogens is 9. The third kappa shape index (κ3) is 28.6. The van der Waals surface area contributed by atoms with Crippen LogP contribution in [0.2, 0.25) is 0 Å². The summed E-state index contributed by atoms with van der Waals surface area (Å²) >= 11 is 0. The van der Waals surface area contributed by atoms with Gasteiger partial charge in [-0.3, -0.25) is 14.4 Å². The molecule has 0 aliphatic heterocycles. The largest absolute Gasteiger partial charge is 0.505 e. The second-order valence-electron chi connectivity index (χ2n) is 28.7. The number of phenolic OH excluding ortho intramolecular Hbond substituents is 3. The Morgan fingerprint density at radius 2 is 0.491 bits per heavy atom. The summed E-state index contributed by atoms with van der Waals surface area (Å²) in [6.07, 6.45) is 1.81. The zero-order valence-electron chi connectivity index (χ0n) is 65.0. The number of carbonyl (C=O) groups is 3. The van der Waals surface area contributed by atoms with Crippen LogP contribution in [0, 0.1) is 0 Å². The van der Waals surface area contributed by atoms with Crippen LogP contribution in [0.4, 0.5) is 0 Å². The number of hydrogen-bond donors (Lipinski definition) is 4. The summed E-state index contributed by atoms with van der Waals surface area (Å²) in [5.74, 6) is -0.670. The number of rotatable bonds is 47. The van der Waals surface area contributed by atoms with Crippen LogP contribution in [-0.4, -0.2) is 242 Å². The van der Waals surface area contributed by atoms with Gasteiger partial charge in [0, 0.05) is 36.0 Å². The lowest BCUT2D eigenvalue weighted by Crippen LogP contribution is -2.16. The Labute approximate surface area is 642 Å². The Morgan fingerprint density at radius 1 is 0.300 bits per heavy atom. The highest BCUT2D eigenvalue weighted by atomic mass is 16.6. The van der Waals surface area contributed by atoms with Crippen molar-refractivity contribution in [1.82, 2.24) is 45.0 Å². The highest BCUT2D eigenvalue weighted by Crippen LogP contribution is 2.40. The van der Waals surface area contributed by atoms with E-state index in [0.29, 0.717) is 149 Å². The van der Waals surface area contributed by atoms with Gasteiger partial charge in [-0.15, -0.1) is 45.0 Å². The first-order chi connectivity index (χ1) is 53.0. The highest BCUT2D eigenvalue weighted by Gasteiger charge is 2.27. The Hall–Kier alpha value is -9.11. The standard InChI is InChI=1S/C50H64N6O11.C31H45N3O9/c1-49(2,3)37-31-35(33-43(47(37)59)55-51-39-11-7-8-12-40(39)52-55)15-17-45(57)66-29-27-64-25-23-62-21-19-61-20-22-63-24-26-65-28-30-67-46(58)18-16-36-32-38(50(4,5)6)48(60)44(34-36)56-53-41-13-9-10-14-42(41)54-56;1-31(2,3)25-22-24(23-28(30(25)37)34-32-26-6-4-5-7-27(26)33-34)8-9-29(36)43-21-20-42-19-18-41-17-16-40-15-14-39-13-12-38-11-10-35/h7-14,31-34,59-60H,15-30H2,1-6H3;4-7,22-23,35,37H,8-21H2,1-3H3. The van der Waals surface area contributed by atoms with Crippen LogP contribution >= 0.6 is 0 Å².